The van der Waals surface area contributed by atoms with Gasteiger partial charge in [0.1, 0.15) is 0 Å². The molecule has 2 N–H and O–H groups in total. The van der Waals surface area contributed by atoms with Gasteiger partial charge in [-0.2, -0.15) is 0 Å². The van der Waals surface area contributed by atoms with E-state index in [1.807, 2.05) is 6.92 Å². The van der Waals surface area contributed by atoms with Crippen molar-refractivity contribution in [2.75, 3.05) is 26.8 Å². The quantitative estimate of drug-likeness (QED) is 0.636. The third-order valence-electron chi connectivity index (χ3n) is 2.42. The Bertz CT molecular complexity index is 190. The molecule has 1 amide bonds. The number of amides is 1. The van der Waals surface area contributed by atoms with Gasteiger partial charge in [0.25, 0.3) is 0 Å². The van der Waals surface area contributed by atoms with Gasteiger partial charge >= 0.3 is 0 Å². The molecule has 1 atom stereocenters. The van der Waals surface area contributed by atoms with Gasteiger partial charge in [-0.25, -0.2) is 0 Å². The summed E-state index contributed by atoms with van der Waals surface area (Å²) in [5.41, 5.74) is 0.156. The Morgan fingerprint density at radius 3 is 2.62 bits per heavy atom. The van der Waals surface area contributed by atoms with Crippen LogP contribution in [0, 0.1) is 5.41 Å². The lowest BCUT2D eigenvalue weighted by atomic mass is 9.89. The molecule has 76 valence electrons. The normalized spacial score (nSPS) is 21.8. The molecule has 0 aromatic rings. The average Bonchev–Trinajstić information content (AvgIpc) is 2.09. The molecule has 0 aromatic heterocycles. The highest BCUT2D eigenvalue weighted by Gasteiger charge is 2.33. The van der Waals surface area contributed by atoms with Crippen LogP contribution in [0.2, 0.25) is 0 Å². The highest BCUT2D eigenvalue weighted by atomic mass is 16.5. The highest BCUT2D eigenvalue weighted by molar-refractivity contribution is 5.81. The van der Waals surface area contributed by atoms with Gasteiger partial charge in [0.15, 0.2) is 0 Å². The van der Waals surface area contributed by atoms with Gasteiger partial charge in [-0.1, -0.05) is 6.92 Å². The summed E-state index contributed by atoms with van der Waals surface area (Å²) in [6, 6.07) is -0.121. The van der Waals surface area contributed by atoms with Crippen LogP contribution in [0.4, 0.5) is 0 Å². The molecule has 1 fully saturated rings. The van der Waals surface area contributed by atoms with Gasteiger partial charge in [-0.15, -0.1) is 0 Å². The van der Waals surface area contributed by atoms with E-state index < -0.39 is 0 Å². The molecule has 0 spiro atoms. The van der Waals surface area contributed by atoms with Crippen LogP contribution in [0.15, 0.2) is 0 Å². The fourth-order valence-corrected chi connectivity index (χ4v) is 1.14. The molecular weight excluding hydrogens is 168 g/mol. The molecule has 0 aliphatic carbocycles. The molecule has 0 aromatic carbocycles. The van der Waals surface area contributed by atoms with Crippen LogP contribution in [0.1, 0.15) is 13.8 Å². The van der Waals surface area contributed by atoms with Crippen molar-refractivity contribution in [2.24, 2.45) is 5.41 Å². The minimum atomic E-state index is -0.121. The molecule has 4 heteroatoms. The summed E-state index contributed by atoms with van der Waals surface area (Å²) in [4.78, 5) is 11.3. The van der Waals surface area contributed by atoms with Crippen molar-refractivity contribution in [1.29, 1.82) is 0 Å². The molecule has 4 nitrogen and oxygen atoms in total. The molecule has 13 heavy (non-hydrogen) atoms. The number of rotatable bonds is 4. The summed E-state index contributed by atoms with van der Waals surface area (Å²) in [6.07, 6.45) is 0. The first-order valence-corrected chi connectivity index (χ1v) is 4.60. The van der Waals surface area contributed by atoms with Crippen LogP contribution in [-0.2, 0) is 9.53 Å². The van der Waals surface area contributed by atoms with Gasteiger partial charge in [0.2, 0.25) is 5.91 Å². The van der Waals surface area contributed by atoms with Crippen molar-refractivity contribution in [2.45, 2.75) is 19.9 Å². The maximum Gasteiger partial charge on any atom is 0.236 e. The summed E-state index contributed by atoms with van der Waals surface area (Å²) in [7, 11) is 1.78. The number of ether oxygens (including phenoxy) is 1. The Kier molecular flexibility index (Phi) is 3.27. The van der Waals surface area contributed by atoms with Crippen LogP contribution in [0.25, 0.3) is 0 Å². The number of hydrogen-bond donors (Lipinski definition) is 2. The second-order valence-corrected chi connectivity index (χ2v) is 4.03. The Hall–Kier alpha value is -0.610. The monoisotopic (exact) mass is 186 g/mol. The smallest absolute Gasteiger partial charge is 0.236 e. The molecule has 1 saturated heterocycles. The Morgan fingerprint density at radius 2 is 2.23 bits per heavy atom. The second kappa shape index (κ2) is 4.07. The van der Waals surface area contributed by atoms with E-state index in [9.17, 15) is 4.79 Å². The Labute approximate surface area is 79.0 Å². The average molecular weight is 186 g/mol. The zero-order valence-corrected chi connectivity index (χ0v) is 8.52. The Morgan fingerprint density at radius 1 is 1.62 bits per heavy atom. The predicted octanol–water partition coefficient (Wildman–Crippen LogP) is -0.253. The van der Waals surface area contributed by atoms with Crippen molar-refractivity contribution < 1.29 is 9.53 Å². The van der Waals surface area contributed by atoms with Crippen LogP contribution >= 0.6 is 0 Å². The lowest BCUT2D eigenvalue weighted by molar-refractivity contribution is -0.128. The van der Waals surface area contributed by atoms with Crippen LogP contribution in [0.5, 0.6) is 0 Å². The highest BCUT2D eigenvalue weighted by Crippen LogP contribution is 2.24. The van der Waals surface area contributed by atoms with E-state index in [4.69, 9.17) is 4.74 Å². The molecule has 1 aliphatic rings. The first kappa shape index (κ1) is 10.5. The molecular formula is C9H18N2O2. The van der Waals surface area contributed by atoms with Crippen LogP contribution in [0.3, 0.4) is 0 Å². The third-order valence-corrected chi connectivity index (χ3v) is 2.42. The van der Waals surface area contributed by atoms with E-state index in [0.717, 1.165) is 13.2 Å². The molecule has 0 radical (unpaired) electrons. The molecule has 1 unspecified atom stereocenters. The lowest BCUT2D eigenvalue weighted by Gasteiger charge is -2.38. The topological polar surface area (TPSA) is 50.4 Å². The van der Waals surface area contributed by atoms with Crippen molar-refractivity contribution in [3.05, 3.63) is 0 Å². The van der Waals surface area contributed by atoms with E-state index in [1.54, 1.807) is 7.05 Å². The summed E-state index contributed by atoms with van der Waals surface area (Å²) in [5.74, 6) is 0.0515. The van der Waals surface area contributed by atoms with Crippen LogP contribution < -0.4 is 10.6 Å². The first-order valence-electron chi connectivity index (χ1n) is 4.60. The molecule has 0 bridgehead atoms. The van der Waals surface area contributed by atoms with Gasteiger partial charge in [0, 0.05) is 12.0 Å². The summed E-state index contributed by atoms with van der Waals surface area (Å²) in [5, 5.41) is 5.79. The first-order chi connectivity index (χ1) is 6.07. The van der Waals surface area contributed by atoms with E-state index >= 15 is 0 Å². The zero-order valence-electron chi connectivity index (χ0n) is 8.52. The summed E-state index contributed by atoms with van der Waals surface area (Å²) < 4.78 is 5.09. The SMILES string of the molecule is CNC(C)C(=O)NCC1(C)COC1. The fourth-order valence-electron chi connectivity index (χ4n) is 1.14. The van der Waals surface area contributed by atoms with Crippen LogP contribution in [-0.4, -0.2) is 38.8 Å². The van der Waals surface area contributed by atoms with E-state index in [2.05, 4.69) is 17.6 Å². The number of carbonyl (C=O) groups is 1. The second-order valence-electron chi connectivity index (χ2n) is 4.03. The minimum Gasteiger partial charge on any atom is -0.380 e. The molecule has 0 saturated carbocycles. The van der Waals surface area contributed by atoms with Gasteiger partial charge < -0.3 is 15.4 Å². The van der Waals surface area contributed by atoms with Gasteiger partial charge in [0.05, 0.1) is 19.3 Å². The number of nitrogens with one attached hydrogen (secondary N) is 2. The van der Waals surface area contributed by atoms with Crippen molar-refractivity contribution in [3.8, 4) is 0 Å². The van der Waals surface area contributed by atoms with Gasteiger partial charge in [-0.05, 0) is 14.0 Å². The van der Waals surface area contributed by atoms with E-state index in [0.29, 0.717) is 6.54 Å². The number of hydrogen-bond acceptors (Lipinski definition) is 3. The minimum absolute atomic E-state index is 0.0515. The van der Waals surface area contributed by atoms with Crippen molar-refractivity contribution in [1.82, 2.24) is 10.6 Å². The third kappa shape index (κ3) is 2.67. The Balaban J connectivity index is 2.21. The van der Waals surface area contributed by atoms with Gasteiger partial charge in [-0.3, -0.25) is 4.79 Å². The zero-order chi connectivity index (χ0) is 9.90. The van der Waals surface area contributed by atoms with E-state index in [-0.39, 0.29) is 17.4 Å². The van der Waals surface area contributed by atoms with Crippen molar-refractivity contribution >= 4 is 5.91 Å². The number of likely N-dealkylation sites (N-methyl/N-ethyl adjacent to an activating group) is 1. The maximum absolute atomic E-state index is 11.3. The lowest BCUT2D eigenvalue weighted by Crippen LogP contribution is -2.51. The maximum atomic E-state index is 11.3. The largest absolute Gasteiger partial charge is 0.380 e. The molecule has 1 heterocycles. The summed E-state index contributed by atoms with van der Waals surface area (Å²) >= 11 is 0. The summed E-state index contributed by atoms with van der Waals surface area (Å²) in [6.45, 7) is 6.16. The fraction of sp³-hybridized carbons (Fsp3) is 0.889. The molecule has 1 rings (SSSR count). The number of carbonyl (C=O) groups excluding carboxylic acids is 1. The van der Waals surface area contributed by atoms with E-state index in [1.165, 1.54) is 0 Å². The molecule has 1 aliphatic heterocycles. The predicted molar refractivity (Wildman–Crippen MR) is 50.5 cm³/mol. The standard InChI is InChI=1S/C9H18N2O2/c1-7(10-3)8(12)11-4-9(2)5-13-6-9/h7,10H,4-6H2,1-3H3,(H,11,12). The van der Waals surface area contributed by atoms with Crippen molar-refractivity contribution in [3.63, 3.8) is 0 Å².